The number of allylic oxidation sites excluding steroid dienone is 2. The van der Waals surface area contributed by atoms with Crippen LogP contribution in [-0.2, 0) is 9.47 Å². The predicted molar refractivity (Wildman–Crippen MR) is 128 cm³/mol. The summed E-state index contributed by atoms with van der Waals surface area (Å²) >= 11 is 0. The monoisotopic (exact) mass is 426 g/mol. The van der Waals surface area contributed by atoms with Crippen LogP contribution in [-0.4, -0.2) is 35.5 Å². The van der Waals surface area contributed by atoms with Crippen LogP contribution in [0.15, 0.2) is 22.5 Å². The molecule has 0 spiro atoms. The molecule has 0 aromatic heterocycles. The molecule has 0 radical (unpaired) electrons. The Morgan fingerprint density at radius 3 is 1.18 bits per heavy atom. The lowest BCUT2D eigenvalue weighted by Gasteiger charge is -2.29. The summed E-state index contributed by atoms with van der Waals surface area (Å²) in [5.74, 6) is 0. The second-order valence-electron chi connectivity index (χ2n) is 7.98. The van der Waals surface area contributed by atoms with E-state index in [4.69, 9.17) is 9.47 Å². The Morgan fingerprint density at radius 2 is 0.929 bits per heavy atom. The van der Waals surface area contributed by atoms with Crippen molar-refractivity contribution in [2.75, 3.05) is 13.2 Å². The molecule has 0 heterocycles. The maximum Gasteiger partial charge on any atom is 0.508 e. The highest BCUT2D eigenvalue weighted by molar-refractivity contribution is 6.86. The lowest BCUT2D eigenvalue weighted by Crippen LogP contribution is -2.33. The predicted octanol–water partition coefficient (Wildman–Crippen LogP) is 7.91. The van der Waals surface area contributed by atoms with Gasteiger partial charge in [0.2, 0.25) is 0 Å². The van der Waals surface area contributed by atoms with Crippen LogP contribution < -0.4 is 0 Å². The van der Waals surface area contributed by atoms with E-state index in [9.17, 15) is 4.79 Å². The van der Waals surface area contributed by atoms with Gasteiger partial charge >= 0.3 is 6.16 Å². The maximum absolute atomic E-state index is 11.8. The molecular weight excluding hydrogens is 380 g/mol. The highest BCUT2D eigenvalue weighted by Crippen LogP contribution is 2.29. The van der Waals surface area contributed by atoms with E-state index in [0.29, 0.717) is 13.2 Å². The van der Waals surface area contributed by atoms with E-state index in [1.165, 1.54) is 36.3 Å². The van der Waals surface area contributed by atoms with Gasteiger partial charge in [-0.2, -0.15) is 0 Å². The summed E-state index contributed by atoms with van der Waals surface area (Å²) in [6.45, 7) is 19.2. The molecule has 0 N–H and O–H groups in total. The summed E-state index contributed by atoms with van der Waals surface area (Å²) in [5, 5.41) is 3.10. The summed E-state index contributed by atoms with van der Waals surface area (Å²) in [6.07, 6.45) is 5.60. The minimum atomic E-state index is -1.27. The van der Waals surface area contributed by atoms with E-state index < -0.39 is 22.3 Å². The molecule has 28 heavy (non-hydrogen) atoms. The molecule has 0 aliphatic carbocycles. The van der Waals surface area contributed by atoms with Crippen molar-refractivity contribution in [2.45, 2.75) is 104 Å². The van der Waals surface area contributed by atoms with Crippen LogP contribution in [0.25, 0.3) is 0 Å². The molecule has 0 aliphatic heterocycles. The molecule has 0 aromatic rings. The number of carbonyl (C=O) groups is 1. The number of rotatable bonds is 14. The van der Waals surface area contributed by atoms with Gasteiger partial charge in [0, 0.05) is 0 Å². The van der Waals surface area contributed by atoms with Crippen molar-refractivity contribution in [1.29, 1.82) is 0 Å². The van der Waals surface area contributed by atoms with Crippen LogP contribution in [0.4, 0.5) is 4.79 Å². The van der Waals surface area contributed by atoms with Crippen molar-refractivity contribution < 1.29 is 14.3 Å². The van der Waals surface area contributed by atoms with Crippen molar-refractivity contribution >= 4 is 22.3 Å². The largest absolute Gasteiger partial charge is 0.508 e. The van der Waals surface area contributed by atoms with Crippen LogP contribution in [0.5, 0.6) is 0 Å². The first-order chi connectivity index (χ1) is 13.3. The molecule has 0 saturated heterocycles. The summed E-state index contributed by atoms with van der Waals surface area (Å²) in [4.78, 5) is 11.8. The van der Waals surface area contributed by atoms with Gasteiger partial charge in [-0.05, 0) is 26.7 Å². The third kappa shape index (κ3) is 7.90. The van der Waals surface area contributed by atoms with Gasteiger partial charge in [0.1, 0.15) is 0 Å². The molecule has 0 saturated carbocycles. The van der Waals surface area contributed by atoms with Gasteiger partial charge in [0.15, 0.2) is 0 Å². The highest BCUT2D eigenvalue weighted by atomic mass is 28.3. The lowest BCUT2D eigenvalue weighted by atomic mass is 10.4. The molecule has 0 aliphatic rings. The van der Waals surface area contributed by atoms with Crippen molar-refractivity contribution in [1.82, 2.24) is 0 Å². The maximum atomic E-state index is 11.8. The van der Waals surface area contributed by atoms with E-state index in [2.05, 4.69) is 67.5 Å². The lowest BCUT2D eigenvalue weighted by molar-refractivity contribution is 0.0577. The third-order valence-corrected chi connectivity index (χ3v) is 19.2. The van der Waals surface area contributed by atoms with E-state index in [1.807, 2.05) is 0 Å². The van der Waals surface area contributed by atoms with Gasteiger partial charge in [-0.15, -0.1) is 0 Å². The van der Waals surface area contributed by atoms with Crippen LogP contribution >= 0.6 is 0 Å². The van der Waals surface area contributed by atoms with Crippen LogP contribution in [0.3, 0.4) is 0 Å². The first kappa shape index (κ1) is 27.2. The second kappa shape index (κ2) is 14.2. The molecule has 0 atom stereocenters. The van der Waals surface area contributed by atoms with Crippen molar-refractivity contribution in [3.05, 3.63) is 22.5 Å². The topological polar surface area (TPSA) is 35.5 Å². The summed E-state index contributed by atoms with van der Waals surface area (Å²) in [6, 6.07) is 7.73. The fraction of sp³-hybridized carbons (Fsp3) is 0.783. The molecule has 0 unspecified atom stereocenters. The van der Waals surface area contributed by atoms with Gasteiger partial charge in [-0.3, -0.25) is 0 Å². The van der Waals surface area contributed by atoms with Gasteiger partial charge in [0.25, 0.3) is 0 Å². The van der Waals surface area contributed by atoms with Crippen LogP contribution in [0.2, 0.25) is 36.3 Å². The van der Waals surface area contributed by atoms with E-state index >= 15 is 0 Å². The Balaban J connectivity index is 4.32. The number of hydrogen-bond acceptors (Lipinski definition) is 3. The Kier molecular flexibility index (Phi) is 13.8. The third-order valence-electron chi connectivity index (χ3n) is 7.31. The van der Waals surface area contributed by atoms with E-state index in [1.54, 1.807) is 10.4 Å². The Bertz CT molecular complexity index is 443. The molecule has 3 nitrogen and oxygen atoms in total. The molecule has 164 valence electrons. The first-order valence-electron chi connectivity index (χ1n) is 11.4. The standard InChI is InChI=1S/C23H46O3Si2/c1-9-27(10-2,11-3)21(7)17-15-19-25-23(24)26-20-16-18-22(8)28(12-4,13-5)14-6/h17-18H,9-16,19-20H2,1-8H3/b21-17-,22-18-. The van der Waals surface area contributed by atoms with E-state index in [0.717, 1.165) is 12.8 Å². The normalized spacial score (nSPS) is 13.6. The van der Waals surface area contributed by atoms with Crippen molar-refractivity contribution in [3.8, 4) is 0 Å². The van der Waals surface area contributed by atoms with Crippen molar-refractivity contribution in [3.63, 3.8) is 0 Å². The first-order valence-corrected chi connectivity index (χ1v) is 16.7. The van der Waals surface area contributed by atoms with Crippen molar-refractivity contribution in [2.24, 2.45) is 0 Å². The molecule has 0 fully saturated rings. The molecule has 5 heteroatoms. The molecule has 0 rings (SSSR count). The highest BCUT2D eigenvalue weighted by Gasteiger charge is 2.29. The zero-order valence-electron chi connectivity index (χ0n) is 20.0. The average molecular weight is 427 g/mol. The average Bonchev–Trinajstić information content (AvgIpc) is 2.72. The zero-order chi connectivity index (χ0) is 21.6. The smallest absolute Gasteiger partial charge is 0.434 e. The fourth-order valence-corrected chi connectivity index (χ4v) is 12.0. The Labute approximate surface area is 177 Å². The van der Waals surface area contributed by atoms with E-state index in [-0.39, 0.29) is 0 Å². The number of hydrogen-bond donors (Lipinski definition) is 0. The summed E-state index contributed by atoms with van der Waals surface area (Å²) < 4.78 is 10.5. The van der Waals surface area contributed by atoms with Gasteiger partial charge < -0.3 is 9.47 Å². The second-order valence-corrected chi connectivity index (χ2v) is 18.9. The molecular formula is C23H46O3Si2. The SMILES string of the molecule is CC[Si](CC)(CC)/C(C)=C\CCOC(=O)OCC/C=C(/C)[Si](CC)(CC)CC. The molecule has 0 amide bonds. The van der Waals surface area contributed by atoms with Crippen LogP contribution in [0, 0.1) is 0 Å². The Morgan fingerprint density at radius 1 is 0.643 bits per heavy atom. The number of carbonyl (C=O) groups excluding carboxylic acids is 1. The van der Waals surface area contributed by atoms with Gasteiger partial charge in [0.05, 0.1) is 29.4 Å². The Hall–Kier alpha value is -0.816. The summed E-state index contributed by atoms with van der Waals surface area (Å²) in [5.41, 5.74) is 0. The molecule has 0 aromatic carbocycles. The zero-order valence-corrected chi connectivity index (χ0v) is 22.0. The summed E-state index contributed by atoms with van der Waals surface area (Å²) in [7, 11) is -2.55. The quantitative estimate of drug-likeness (QED) is 0.161. The number of ether oxygens (including phenoxy) is 2. The fourth-order valence-electron chi connectivity index (χ4n) is 4.48. The van der Waals surface area contributed by atoms with Crippen LogP contribution in [0.1, 0.15) is 68.2 Å². The molecule has 0 bridgehead atoms. The minimum absolute atomic E-state index is 0.407. The minimum Gasteiger partial charge on any atom is -0.434 e. The van der Waals surface area contributed by atoms with Gasteiger partial charge in [-0.1, -0.05) is 100 Å². The van der Waals surface area contributed by atoms with Gasteiger partial charge in [-0.25, -0.2) is 4.79 Å².